The molecule has 0 spiro atoms. The van der Waals surface area contributed by atoms with Crippen LogP contribution < -0.4 is 0 Å². The molecule has 0 aromatic carbocycles. The Morgan fingerprint density at radius 1 is 1.78 bits per heavy atom. The third-order valence-electron chi connectivity index (χ3n) is 2.05. The molecule has 0 amide bonds. The minimum Gasteiger partial charge on any atom is -0.297 e. The van der Waals surface area contributed by atoms with Crippen LogP contribution >= 0.6 is 0 Å². The summed E-state index contributed by atoms with van der Waals surface area (Å²) in [5, 5.41) is 0. The molecule has 1 rings (SSSR count). The molecule has 1 aliphatic rings. The first-order valence-corrected chi connectivity index (χ1v) is 3.69. The predicted octanol–water partition coefficient (Wildman–Crippen LogP) is 1.66. The van der Waals surface area contributed by atoms with Crippen molar-refractivity contribution < 1.29 is 0 Å². The number of likely N-dealkylation sites (tertiary alicyclic amines) is 1. The molecule has 52 valence electrons. The van der Waals surface area contributed by atoms with E-state index < -0.39 is 0 Å². The highest BCUT2D eigenvalue weighted by molar-refractivity contribution is 4.81. The Bertz CT molecular complexity index is 98.7. The predicted molar refractivity (Wildman–Crippen MR) is 40.5 cm³/mol. The highest BCUT2D eigenvalue weighted by Gasteiger charge is 2.17. The smallest absolute Gasteiger partial charge is 0.0163 e. The fourth-order valence-corrected chi connectivity index (χ4v) is 1.43. The number of rotatable bonds is 2. The molecule has 0 aliphatic carbocycles. The molecule has 0 aromatic rings. The van der Waals surface area contributed by atoms with Crippen molar-refractivity contribution in [3.8, 4) is 0 Å². The molecule has 0 aromatic heterocycles. The molecule has 0 radical (unpaired) electrons. The molecular weight excluding hydrogens is 110 g/mol. The Morgan fingerprint density at radius 3 is 3.00 bits per heavy atom. The molecular formula is C8H15N. The molecule has 9 heavy (non-hydrogen) atoms. The lowest BCUT2D eigenvalue weighted by molar-refractivity contribution is 0.298. The van der Waals surface area contributed by atoms with Crippen LogP contribution in [0, 0.1) is 0 Å². The van der Waals surface area contributed by atoms with Crippen LogP contribution in [0.5, 0.6) is 0 Å². The molecule has 1 heteroatoms. The van der Waals surface area contributed by atoms with Gasteiger partial charge in [-0.2, -0.15) is 0 Å². The van der Waals surface area contributed by atoms with Gasteiger partial charge in [-0.15, -0.1) is 6.58 Å². The zero-order valence-corrected chi connectivity index (χ0v) is 6.14. The molecule has 1 fully saturated rings. The van der Waals surface area contributed by atoms with E-state index in [4.69, 9.17) is 0 Å². The Morgan fingerprint density at radius 2 is 2.56 bits per heavy atom. The Labute approximate surface area is 57.4 Å². The largest absolute Gasteiger partial charge is 0.297 e. The quantitative estimate of drug-likeness (QED) is 0.507. The van der Waals surface area contributed by atoms with E-state index in [1.165, 1.54) is 19.4 Å². The average molecular weight is 125 g/mol. The lowest BCUT2D eigenvalue weighted by Crippen LogP contribution is -2.26. The van der Waals surface area contributed by atoms with E-state index in [1.807, 2.05) is 6.08 Å². The third-order valence-corrected chi connectivity index (χ3v) is 2.05. The van der Waals surface area contributed by atoms with Crippen molar-refractivity contribution in [1.82, 2.24) is 4.90 Å². The second-order valence-corrected chi connectivity index (χ2v) is 2.77. The number of nitrogens with zero attached hydrogens (tertiary/aromatic N) is 1. The van der Waals surface area contributed by atoms with Gasteiger partial charge in [0.25, 0.3) is 0 Å². The van der Waals surface area contributed by atoms with Gasteiger partial charge in [0.15, 0.2) is 0 Å². The molecule has 0 N–H and O–H groups in total. The van der Waals surface area contributed by atoms with Gasteiger partial charge >= 0.3 is 0 Å². The summed E-state index contributed by atoms with van der Waals surface area (Å²) in [6.07, 6.45) is 4.73. The summed E-state index contributed by atoms with van der Waals surface area (Å²) >= 11 is 0. The first-order valence-electron chi connectivity index (χ1n) is 3.69. The number of hydrogen-bond donors (Lipinski definition) is 0. The van der Waals surface area contributed by atoms with Crippen molar-refractivity contribution in [2.45, 2.75) is 25.8 Å². The topological polar surface area (TPSA) is 3.24 Å². The van der Waals surface area contributed by atoms with Crippen molar-refractivity contribution in [1.29, 1.82) is 0 Å². The van der Waals surface area contributed by atoms with E-state index >= 15 is 0 Å². The summed E-state index contributed by atoms with van der Waals surface area (Å²) < 4.78 is 0. The second-order valence-electron chi connectivity index (χ2n) is 2.77. The van der Waals surface area contributed by atoms with E-state index in [9.17, 15) is 0 Å². The maximum absolute atomic E-state index is 3.72. The van der Waals surface area contributed by atoms with Crippen LogP contribution in [-0.2, 0) is 0 Å². The monoisotopic (exact) mass is 125 g/mol. The zero-order chi connectivity index (χ0) is 6.69. The molecule has 1 nitrogen and oxygen atoms in total. The Hall–Kier alpha value is -0.300. The molecule has 1 saturated heterocycles. The van der Waals surface area contributed by atoms with Gasteiger partial charge in [0.2, 0.25) is 0 Å². The van der Waals surface area contributed by atoms with Gasteiger partial charge in [-0.05, 0) is 26.3 Å². The SMILES string of the molecule is C=CCN1CCC[C@@H]1C. The van der Waals surface area contributed by atoms with Crippen LogP contribution in [-0.4, -0.2) is 24.0 Å². The van der Waals surface area contributed by atoms with Crippen molar-refractivity contribution in [3.63, 3.8) is 0 Å². The summed E-state index contributed by atoms with van der Waals surface area (Å²) in [4.78, 5) is 2.47. The lowest BCUT2D eigenvalue weighted by atomic mass is 10.2. The van der Waals surface area contributed by atoms with Gasteiger partial charge < -0.3 is 0 Å². The zero-order valence-electron chi connectivity index (χ0n) is 6.14. The van der Waals surface area contributed by atoms with Crippen LogP contribution in [0.25, 0.3) is 0 Å². The normalized spacial score (nSPS) is 28.8. The minimum atomic E-state index is 0.794. The molecule has 0 saturated carbocycles. The fraction of sp³-hybridized carbons (Fsp3) is 0.750. The van der Waals surface area contributed by atoms with Crippen molar-refractivity contribution in [2.24, 2.45) is 0 Å². The Kier molecular flexibility index (Phi) is 2.29. The summed E-state index contributed by atoms with van der Waals surface area (Å²) in [6, 6.07) is 0.794. The van der Waals surface area contributed by atoms with Gasteiger partial charge in [-0.1, -0.05) is 6.08 Å². The average Bonchev–Trinajstić information content (AvgIpc) is 2.18. The first kappa shape index (κ1) is 6.81. The highest BCUT2D eigenvalue weighted by Crippen LogP contribution is 2.15. The second kappa shape index (κ2) is 3.02. The van der Waals surface area contributed by atoms with Gasteiger partial charge in [0, 0.05) is 12.6 Å². The molecule has 1 heterocycles. The van der Waals surface area contributed by atoms with Gasteiger partial charge in [0.05, 0.1) is 0 Å². The number of hydrogen-bond acceptors (Lipinski definition) is 1. The Balaban J connectivity index is 2.30. The van der Waals surface area contributed by atoms with E-state index in [0.29, 0.717) is 0 Å². The summed E-state index contributed by atoms with van der Waals surface area (Å²) in [6.45, 7) is 8.35. The van der Waals surface area contributed by atoms with E-state index in [1.54, 1.807) is 0 Å². The van der Waals surface area contributed by atoms with Crippen molar-refractivity contribution in [3.05, 3.63) is 12.7 Å². The van der Waals surface area contributed by atoms with Gasteiger partial charge in [-0.3, -0.25) is 4.90 Å². The van der Waals surface area contributed by atoms with E-state index in [2.05, 4.69) is 18.4 Å². The summed E-state index contributed by atoms with van der Waals surface area (Å²) in [7, 11) is 0. The summed E-state index contributed by atoms with van der Waals surface area (Å²) in [5.74, 6) is 0. The van der Waals surface area contributed by atoms with Gasteiger partial charge in [0.1, 0.15) is 0 Å². The molecule has 0 bridgehead atoms. The standard InChI is InChI=1S/C8H15N/c1-3-6-9-7-4-5-8(9)2/h3,8H,1,4-7H2,2H3/t8-/m0/s1. The minimum absolute atomic E-state index is 0.794. The maximum Gasteiger partial charge on any atom is 0.0163 e. The van der Waals surface area contributed by atoms with Gasteiger partial charge in [-0.25, -0.2) is 0 Å². The molecule has 0 unspecified atom stereocenters. The molecule has 1 aliphatic heterocycles. The highest BCUT2D eigenvalue weighted by atomic mass is 15.2. The van der Waals surface area contributed by atoms with Crippen LogP contribution in [0.3, 0.4) is 0 Å². The lowest BCUT2D eigenvalue weighted by Gasteiger charge is -2.17. The van der Waals surface area contributed by atoms with Crippen LogP contribution in [0.4, 0.5) is 0 Å². The fourth-order valence-electron chi connectivity index (χ4n) is 1.43. The third kappa shape index (κ3) is 1.55. The van der Waals surface area contributed by atoms with E-state index in [0.717, 1.165) is 12.6 Å². The van der Waals surface area contributed by atoms with E-state index in [-0.39, 0.29) is 0 Å². The van der Waals surface area contributed by atoms with Crippen LogP contribution in [0.1, 0.15) is 19.8 Å². The van der Waals surface area contributed by atoms with Crippen molar-refractivity contribution >= 4 is 0 Å². The maximum atomic E-state index is 3.72. The van der Waals surface area contributed by atoms with Crippen LogP contribution in [0.2, 0.25) is 0 Å². The molecule has 1 atom stereocenters. The summed E-state index contributed by atoms with van der Waals surface area (Å²) in [5.41, 5.74) is 0. The van der Waals surface area contributed by atoms with Crippen LogP contribution in [0.15, 0.2) is 12.7 Å². The van der Waals surface area contributed by atoms with Crippen molar-refractivity contribution in [2.75, 3.05) is 13.1 Å². The first-order chi connectivity index (χ1) is 4.34.